The summed E-state index contributed by atoms with van der Waals surface area (Å²) in [7, 11) is 0. The van der Waals surface area contributed by atoms with Gasteiger partial charge in [0, 0.05) is 26.3 Å². The Morgan fingerprint density at radius 3 is 2.53 bits per heavy atom. The van der Waals surface area contributed by atoms with Crippen LogP contribution in [0, 0.1) is 5.92 Å². The average molecular weight is 281 g/mol. The summed E-state index contributed by atoms with van der Waals surface area (Å²) in [6, 6.07) is 0. The molecule has 17 heavy (non-hydrogen) atoms. The van der Waals surface area contributed by atoms with Gasteiger partial charge in [-0.2, -0.15) is 0 Å². The van der Waals surface area contributed by atoms with Crippen LogP contribution < -0.4 is 0 Å². The molecule has 102 valence electrons. The molecule has 1 rings (SSSR count). The molecule has 1 fully saturated rings. The van der Waals surface area contributed by atoms with Crippen molar-refractivity contribution in [3.63, 3.8) is 0 Å². The van der Waals surface area contributed by atoms with Crippen LogP contribution in [0.5, 0.6) is 0 Å². The van der Waals surface area contributed by atoms with Crippen molar-refractivity contribution >= 4 is 18.3 Å². The summed E-state index contributed by atoms with van der Waals surface area (Å²) in [5.41, 5.74) is 0. The van der Waals surface area contributed by atoms with Gasteiger partial charge in [-0.3, -0.25) is 4.90 Å². The third-order valence-electron chi connectivity index (χ3n) is 2.48. The van der Waals surface area contributed by atoms with E-state index in [-0.39, 0.29) is 0 Å². The highest BCUT2D eigenvalue weighted by Crippen LogP contribution is 2.44. The minimum absolute atomic E-state index is 0.500. The number of hydrogen-bond donors (Lipinski definition) is 0. The van der Waals surface area contributed by atoms with E-state index in [0.717, 1.165) is 32.8 Å². The Morgan fingerprint density at radius 2 is 1.94 bits per heavy atom. The van der Waals surface area contributed by atoms with E-state index < -0.39 is 6.49 Å². The number of hydrogen-bond acceptors (Lipinski definition) is 5. The second kappa shape index (κ2) is 7.82. The average Bonchev–Trinajstić information content (AvgIpc) is 2.28. The monoisotopic (exact) mass is 281 g/mol. The Hall–Kier alpha value is 0.490. The second-order valence-electron chi connectivity index (χ2n) is 4.75. The molecule has 0 bridgehead atoms. The topological polar surface area (TPSA) is 30.9 Å². The summed E-state index contributed by atoms with van der Waals surface area (Å²) in [5, 5.41) is 0. The molecule has 1 saturated heterocycles. The molecule has 0 N–H and O–H groups in total. The van der Waals surface area contributed by atoms with E-state index >= 15 is 0 Å². The maximum Gasteiger partial charge on any atom is 0.185 e. The Morgan fingerprint density at radius 1 is 1.29 bits per heavy atom. The molecule has 1 heterocycles. The van der Waals surface area contributed by atoms with Gasteiger partial charge in [0.2, 0.25) is 0 Å². The first-order chi connectivity index (χ1) is 7.99. The molecule has 0 aliphatic carbocycles. The maximum atomic E-state index is 5.70. The largest absolute Gasteiger partial charge is 0.379 e. The van der Waals surface area contributed by atoms with Gasteiger partial charge in [0.15, 0.2) is 6.49 Å². The van der Waals surface area contributed by atoms with Gasteiger partial charge >= 0.3 is 0 Å². The van der Waals surface area contributed by atoms with E-state index in [1.165, 1.54) is 0 Å². The molecule has 0 saturated carbocycles. The van der Waals surface area contributed by atoms with E-state index in [4.69, 9.17) is 25.6 Å². The molecule has 1 aliphatic heterocycles. The van der Waals surface area contributed by atoms with Gasteiger partial charge in [-0.15, -0.1) is 0 Å². The molecule has 1 atom stereocenters. The van der Waals surface area contributed by atoms with Crippen molar-refractivity contribution in [2.24, 2.45) is 5.92 Å². The van der Waals surface area contributed by atoms with Gasteiger partial charge in [-0.1, -0.05) is 13.8 Å². The van der Waals surface area contributed by atoms with Crippen molar-refractivity contribution < 1.29 is 13.8 Å². The molecule has 4 nitrogen and oxygen atoms in total. The SMILES string of the molecule is CC(C)COP(C)(=S)OCCN1CCOCC1. The fourth-order valence-corrected chi connectivity index (χ4v) is 2.95. The van der Waals surface area contributed by atoms with E-state index in [1.54, 1.807) is 0 Å². The molecule has 1 unspecified atom stereocenters. The number of ether oxygens (including phenoxy) is 1. The zero-order valence-corrected chi connectivity index (χ0v) is 12.8. The van der Waals surface area contributed by atoms with Crippen LogP contribution in [0.25, 0.3) is 0 Å². The first-order valence-corrected chi connectivity index (χ1v) is 9.25. The third kappa shape index (κ3) is 7.50. The zero-order valence-electron chi connectivity index (χ0n) is 11.1. The Balaban J connectivity index is 2.13. The molecular formula is C11H24NO3PS. The summed E-state index contributed by atoms with van der Waals surface area (Å²) < 4.78 is 16.6. The van der Waals surface area contributed by atoms with Crippen molar-refractivity contribution in [1.29, 1.82) is 0 Å². The summed E-state index contributed by atoms with van der Waals surface area (Å²) in [6.45, 7) is 9.98. The summed E-state index contributed by atoms with van der Waals surface area (Å²) in [4.78, 5) is 2.33. The summed E-state index contributed by atoms with van der Waals surface area (Å²) in [5.74, 6) is 0.500. The van der Waals surface area contributed by atoms with Crippen LogP contribution in [0.1, 0.15) is 13.8 Å². The quantitative estimate of drug-likeness (QED) is 0.666. The van der Waals surface area contributed by atoms with Crippen LogP contribution in [-0.4, -0.2) is 57.6 Å². The predicted octanol–water partition coefficient (Wildman–Crippen LogP) is 1.95. The van der Waals surface area contributed by atoms with Crippen LogP contribution in [0.3, 0.4) is 0 Å². The molecule has 0 aromatic rings. The van der Waals surface area contributed by atoms with Gasteiger partial charge in [0.05, 0.1) is 26.4 Å². The van der Waals surface area contributed by atoms with E-state index in [2.05, 4.69) is 18.7 Å². The lowest BCUT2D eigenvalue weighted by Crippen LogP contribution is -2.38. The lowest BCUT2D eigenvalue weighted by atomic mass is 10.2. The van der Waals surface area contributed by atoms with E-state index in [1.807, 2.05) is 6.66 Å². The summed E-state index contributed by atoms with van der Waals surface area (Å²) in [6.07, 6.45) is 0. The van der Waals surface area contributed by atoms with Crippen molar-refractivity contribution in [3.8, 4) is 0 Å². The number of rotatable bonds is 7. The summed E-state index contributed by atoms with van der Waals surface area (Å²) >= 11 is 5.35. The normalized spacial score (nSPS) is 21.6. The molecule has 0 aromatic carbocycles. The fourth-order valence-electron chi connectivity index (χ4n) is 1.48. The highest BCUT2D eigenvalue weighted by molar-refractivity contribution is 8.09. The minimum Gasteiger partial charge on any atom is -0.379 e. The second-order valence-corrected chi connectivity index (χ2v) is 8.80. The van der Waals surface area contributed by atoms with E-state index in [9.17, 15) is 0 Å². The molecule has 0 amide bonds. The van der Waals surface area contributed by atoms with Crippen molar-refractivity contribution in [3.05, 3.63) is 0 Å². The standard InChI is InChI=1S/C11H24NO3PS/c1-11(2)10-15-16(3,17)14-9-6-12-4-7-13-8-5-12/h11H,4-10H2,1-3H3. The molecule has 6 heteroatoms. The molecule has 0 spiro atoms. The fraction of sp³-hybridized carbons (Fsp3) is 1.00. The lowest BCUT2D eigenvalue weighted by Gasteiger charge is -2.27. The highest BCUT2D eigenvalue weighted by atomic mass is 32.5. The number of morpholine rings is 1. The van der Waals surface area contributed by atoms with Crippen LogP contribution in [0.2, 0.25) is 0 Å². The smallest absolute Gasteiger partial charge is 0.185 e. The van der Waals surface area contributed by atoms with E-state index in [0.29, 0.717) is 19.1 Å². The van der Waals surface area contributed by atoms with Gasteiger partial charge < -0.3 is 13.8 Å². The zero-order chi connectivity index (χ0) is 12.7. The van der Waals surface area contributed by atoms with Gasteiger partial charge in [0.1, 0.15) is 0 Å². The number of nitrogens with zero attached hydrogens (tertiary/aromatic N) is 1. The Labute approximate surface area is 110 Å². The molecule has 0 radical (unpaired) electrons. The Kier molecular flexibility index (Phi) is 7.15. The van der Waals surface area contributed by atoms with Gasteiger partial charge in [0.25, 0.3) is 0 Å². The first kappa shape index (κ1) is 15.5. The van der Waals surface area contributed by atoms with Crippen LogP contribution in [0.15, 0.2) is 0 Å². The van der Waals surface area contributed by atoms with Gasteiger partial charge in [-0.25, -0.2) is 0 Å². The molecule has 0 aromatic heterocycles. The highest BCUT2D eigenvalue weighted by Gasteiger charge is 2.14. The van der Waals surface area contributed by atoms with Gasteiger partial charge in [-0.05, 0) is 17.7 Å². The molecular weight excluding hydrogens is 257 g/mol. The lowest BCUT2D eigenvalue weighted by molar-refractivity contribution is 0.0319. The third-order valence-corrected chi connectivity index (χ3v) is 4.38. The van der Waals surface area contributed by atoms with Crippen molar-refractivity contribution in [2.45, 2.75) is 13.8 Å². The van der Waals surface area contributed by atoms with Crippen molar-refractivity contribution in [1.82, 2.24) is 4.90 Å². The Bertz CT molecular complexity index is 257. The predicted molar refractivity (Wildman–Crippen MR) is 74.2 cm³/mol. The maximum absolute atomic E-state index is 5.70. The molecule has 1 aliphatic rings. The van der Waals surface area contributed by atoms with Crippen LogP contribution in [0.4, 0.5) is 0 Å². The first-order valence-electron chi connectivity index (χ1n) is 6.16. The minimum atomic E-state index is -2.04. The van der Waals surface area contributed by atoms with Crippen LogP contribution >= 0.6 is 6.49 Å². The van der Waals surface area contributed by atoms with Crippen LogP contribution in [-0.2, 0) is 25.6 Å². The van der Waals surface area contributed by atoms with Crippen molar-refractivity contribution in [2.75, 3.05) is 52.7 Å².